The van der Waals surface area contributed by atoms with E-state index < -0.39 is 0 Å². The molecule has 3 rings (SSSR count). The first-order valence-corrected chi connectivity index (χ1v) is 7.24. The van der Waals surface area contributed by atoms with Gasteiger partial charge in [0, 0.05) is 18.3 Å². The Morgan fingerprint density at radius 2 is 1.18 bits per heavy atom. The first-order valence-electron chi connectivity index (χ1n) is 7.24. The standard InChI is InChI=1S/C20H17NO/c1-21(19-10-6-3-7-11-19)20(22)18-14-12-17(13-15-18)16-8-4-2-5-9-16/h2-15H,1H3. The van der Waals surface area contributed by atoms with Crippen molar-refractivity contribution in [2.24, 2.45) is 0 Å². The quantitative estimate of drug-likeness (QED) is 0.687. The lowest BCUT2D eigenvalue weighted by Crippen LogP contribution is -2.25. The molecule has 3 aromatic rings. The zero-order valence-electron chi connectivity index (χ0n) is 12.4. The van der Waals surface area contributed by atoms with Crippen LogP contribution in [-0.4, -0.2) is 13.0 Å². The van der Waals surface area contributed by atoms with Gasteiger partial charge >= 0.3 is 0 Å². The van der Waals surface area contributed by atoms with Crippen LogP contribution >= 0.6 is 0 Å². The van der Waals surface area contributed by atoms with Gasteiger partial charge in [-0.3, -0.25) is 4.79 Å². The van der Waals surface area contributed by atoms with E-state index in [0.29, 0.717) is 5.56 Å². The molecule has 0 unspecified atom stereocenters. The summed E-state index contributed by atoms with van der Waals surface area (Å²) < 4.78 is 0. The smallest absolute Gasteiger partial charge is 0.258 e. The van der Waals surface area contributed by atoms with Crippen LogP contribution in [0.5, 0.6) is 0 Å². The van der Waals surface area contributed by atoms with Crippen molar-refractivity contribution in [1.29, 1.82) is 0 Å². The van der Waals surface area contributed by atoms with E-state index in [9.17, 15) is 4.79 Å². The molecule has 0 aliphatic heterocycles. The Hall–Kier alpha value is -2.87. The number of hydrogen-bond acceptors (Lipinski definition) is 1. The topological polar surface area (TPSA) is 20.3 Å². The highest BCUT2D eigenvalue weighted by Crippen LogP contribution is 2.21. The highest BCUT2D eigenvalue weighted by molar-refractivity contribution is 6.05. The van der Waals surface area contributed by atoms with Gasteiger partial charge in [0.1, 0.15) is 0 Å². The molecule has 2 heteroatoms. The van der Waals surface area contributed by atoms with E-state index in [0.717, 1.165) is 16.8 Å². The van der Waals surface area contributed by atoms with Gasteiger partial charge in [-0.2, -0.15) is 0 Å². The molecule has 0 heterocycles. The van der Waals surface area contributed by atoms with E-state index in [1.165, 1.54) is 0 Å². The summed E-state index contributed by atoms with van der Waals surface area (Å²) in [4.78, 5) is 14.2. The van der Waals surface area contributed by atoms with Crippen LogP contribution in [0.3, 0.4) is 0 Å². The first-order chi connectivity index (χ1) is 10.8. The fourth-order valence-corrected chi connectivity index (χ4v) is 2.40. The summed E-state index contributed by atoms with van der Waals surface area (Å²) in [5.41, 5.74) is 3.84. The number of carbonyl (C=O) groups excluding carboxylic acids is 1. The summed E-state index contributed by atoms with van der Waals surface area (Å²) in [6.07, 6.45) is 0. The predicted molar refractivity (Wildman–Crippen MR) is 91.1 cm³/mol. The fraction of sp³-hybridized carbons (Fsp3) is 0.0500. The Morgan fingerprint density at radius 1 is 0.682 bits per heavy atom. The van der Waals surface area contributed by atoms with E-state index in [4.69, 9.17) is 0 Å². The van der Waals surface area contributed by atoms with Gasteiger partial charge in [-0.15, -0.1) is 0 Å². The van der Waals surface area contributed by atoms with Crippen molar-refractivity contribution in [2.75, 3.05) is 11.9 Å². The maximum Gasteiger partial charge on any atom is 0.258 e. The zero-order chi connectivity index (χ0) is 15.4. The van der Waals surface area contributed by atoms with Gasteiger partial charge in [0.25, 0.3) is 5.91 Å². The van der Waals surface area contributed by atoms with Crippen LogP contribution in [-0.2, 0) is 0 Å². The summed E-state index contributed by atoms with van der Waals surface area (Å²) in [6.45, 7) is 0. The van der Waals surface area contributed by atoms with Crippen LogP contribution in [0, 0.1) is 0 Å². The molecule has 22 heavy (non-hydrogen) atoms. The number of benzene rings is 3. The van der Waals surface area contributed by atoms with Gasteiger partial charge in [0.2, 0.25) is 0 Å². The minimum atomic E-state index is -0.00851. The van der Waals surface area contributed by atoms with Crippen molar-refractivity contribution in [3.8, 4) is 11.1 Å². The molecule has 0 fully saturated rings. The highest BCUT2D eigenvalue weighted by Gasteiger charge is 2.13. The first kappa shape index (κ1) is 14.1. The Balaban J connectivity index is 1.82. The molecule has 0 bridgehead atoms. The Morgan fingerprint density at radius 3 is 1.77 bits per heavy atom. The van der Waals surface area contributed by atoms with Crippen molar-refractivity contribution in [2.45, 2.75) is 0 Å². The highest BCUT2D eigenvalue weighted by atomic mass is 16.2. The van der Waals surface area contributed by atoms with Crippen LogP contribution < -0.4 is 4.90 Å². The van der Waals surface area contributed by atoms with E-state index in [2.05, 4.69) is 12.1 Å². The maximum absolute atomic E-state index is 12.5. The molecule has 0 aliphatic rings. The van der Waals surface area contributed by atoms with E-state index >= 15 is 0 Å². The van der Waals surface area contributed by atoms with Crippen LogP contribution in [0.1, 0.15) is 10.4 Å². The molecule has 0 saturated heterocycles. The van der Waals surface area contributed by atoms with E-state index in [-0.39, 0.29) is 5.91 Å². The molecule has 0 aliphatic carbocycles. The Bertz CT molecular complexity index is 749. The van der Waals surface area contributed by atoms with Crippen molar-refractivity contribution < 1.29 is 4.79 Å². The molecule has 0 N–H and O–H groups in total. The molecule has 108 valence electrons. The van der Waals surface area contributed by atoms with E-state index in [1.54, 1.807) is 11.9 Å². The number of hydrogen-bond donors (Lipinski definition) is 0. The third kappa shape index (κ3) is 2.91. The third-order valence-electron chi connectivity index (χ3n) is 3.69. The largest absolute Gasteiger partial charge is 0.311 e. The van der Waals surface area contributed by atoms with Crippen LogP contribution in [0.2, 0.25) is 0 Å². The predicted octanol–water partition coefficient (Wildman–Crippen LogP) is 4.63. The summed E-state index contributed by atoms with van der Waals surface area (Å²) >= 11 is 0. The SMILES string of the molecule is CN(C(=O)c1ccc(-c2ccccc2)cc1)c1ccccc1. The number of rotatable bonds is 3. The van der Waals surface area contributed by atoms with Gasteiger partial charge in [-0.1, -0.05) is 60.7 Å². The Labute approximate surface area is 130 Å². The maximum atomic E-state index is 12.5. The average molecular weight is 287 g/mol. The van der Waals surface area contributed by atoms with Crippen molar-refractivity contribution in [3.63, 3.8) is 0 Å². The second-order valence-corrected chi connectivity index (χ2v) is 5.14. The fourth-order valence-electron chi connectivity index (χ4n) is 2.40. The molecule has 0 atom stereocenters. The monoisotopic (exact) mass is 287 g/mol. The second kappa shape index (κ2) is 6.27. The van der Waals surface area contributed by atoms with Crippen LogP contribution in [0.4, 0.5) is 5.69 Å². The third-order valence-corrected chi connectivity index (χ3v) is 3.69. The van der Waals surface area contributed by atoms with Crippen LogP contribution in [0.25, 0.3) is 11.1 Å². The summed E-state index contributed by atoms with van der Waals surface area (Å²) in [5.74, 6) is -0.00851. The normalized spacial score (nSPS) is 10.2. The van der Waals surface area contributed by atoms with Crippen molar-refractivity contribution >= 4 is 11.6 Å². The number of nitrogens with zero attached hydrogens (tertiary/aromatic N) is 1. The number of anilines is 1. The summed E-state index contributed by atoms with van der Waals surface area (Å²) in [7, 11) is 1.79. The molecule has 0 aromatic heterocycles. The van der Waals surface area contributed by atoms with E-state index in [1.807, 2.05) is 72.8 Å². The second-order valence-electron chi connectivity index (χ2n) is 5.14. The van der Waals surface area contributed by atoms with Gasteiger partial charge in [-0.25, -0.2) is 0 Å². The molecule has 0 saturated carbocycles. The molecule has 3 aromatic carbocycles. The molecular weight excluding hydrogens is 270 g/mol. The number of amides is 1. The molecule has 1 amide bonds. The minimum Gasteiger partial charge on any atom is -0.311 e. The zero-order valence-corrected chi connectivity index (χ0v) is 12.4. The van der Waals surface area contributed by atoms with Gasteiger partial charge in [0.05, 0.1) is 0 Å². The molecule has 0 spiro atoms. The summed E-state index contributed by atoms with van der Waals surface area (Å²) in [6, 6.07) is 27.5. The van der Waals surface area contributed by atoms with Crippen molar-refractivity contribution in [1.82, 2.24) is 0 Å². The lowest BCUT2D eigenvalue weighted by atomic mass is 10.0. The van der Waals surface area contributed by atoms with Crippen LogP contribution in [0.15, 0.2) is 84.9 Å². The minimum absolute atomic E-state index is 0.00851. The lowest BCUT2D eigenvalue weighted by molar-refractivity contribution is 0.0993. The van der Waals surface area contributed by atoms with Gasteiger partial charge in [-0.05, 0) is 35.4 Å². The lowest BCUT2D eigenvalue weighted by Gasteiger charge is -2.17. The number of carbonyl (C=O) groups is 1. The number of para-hydroxylation sites is 1. The molecular formula is C20H17NO. The van der Waals surface area contributed by atoms with Crippen molar-refractivity contribution in [3.05, 3.63) is 90.5 Å². The van der Waals surface area contributed by atoms with Gasteiger partial charge in [0.15, 0.2) is 0 Å². The average Bonchev–Trinajstić information content (AvgIpc) is 2.62. The van der Waals surface area contributed by atoms with Gasteiger partial charge < -0.3 is 4.90 Å². The molecule has 0 radical (unpaired) electrons. The Kier molecular flexibility index (Phi) is 4.01. The summed E-state index contributed by atoms with van der Waals surface area (Å²) in [5, 5.41) is 0. The molecule has 2 nitrogen and oxygen atoms in total.